The molecule has 1 aliphatic carbocycles. The predicted molar refractivity (Wildman–Crippen MR) is 88.6 cm³/mol. The molecule has 0 aromatic heterocycles. The Morgan fingerprint density at radius 2 is 2.19 bits per heavy atom. The molecule has 0 bridgehead atoms. The van der Waals surface area contributed by atoms with Crippen molar-refractivity contribution in [3.63, 3.8) is 0 Å². The summed E-state index contributed by atoms with van der Waals surface area (Å²) in [5.41, 5.74) is 2.03. The smallest absolute Gasteiger partial charge is 0.238 e. The lowest BCUT2D eigenvalue weighted by Gasteiger charge is -2.26. The lowest BCUT2D eigenvalue weighted by Crippen LogP contribution is -2.42. The second-order valence-electron chi connectivity index (χ2n) is 5.62. The molecule has 1 amide bonds. The standard InChI is InChI=1S/C16H24N2O2S/c1-18(14-8-5-9-15(14)19)10-16(20)17-13-7-4-3-6-12(13)11-21-2/h3-4,6-7,14-15,19H,5,8-11H2,1-2H3,(H,17,20)/t14-,15-/m1/s1. The second kappa shape index (κ2) is 7.82. The maximum atomic E-state index is 12.2. The van der Waals surface area contributed by atoms with Crippen LogP contribution in [0.4, 0.5) is 5.69 Å². The zero-order valence-electron chi connectivity index (χ0n) is 12.7. The van der Waals surface area contributed by atoms with E-state index in [-0.39, 0.29) is 18.1 Å². The van der Waals surface area contributed by atoms with Gasteiger partial charge in [-0.15, -0.1) is 0 Å². The highest BCUT2D eigenvalue weighted by Gasteiger charge is 2.29. The molecular formula is C16H24N2O2S. The SMILES string of the molecule is CSCc1ccccc1NC(=O)CN(C)[C@@H]1CCC[C@H]1O. The Hall–Kier alpha value is -1.04. The van der Waals surface area contributed by atoms with Crippen molar-refractivity contribution in [1.29, 1.82) is 0 Å². The minimum atomic E-state index is -0.299. The Balaban J connectivity index is 1.92. The highest BCUT2D eigenvalue weighted by molar-refractivity contribution is 7.97. The summed E-state index contributed by atoms with van der Waals surface area (Å²) in [5, 5.41) is 12.9. The average Bonchev–Trinajstić information content (AvgIpc) is 2.87. The number of para-hydroxylation sites is 1. The van der Waals surface area contributed by atoms with E-state index in [1.807, 2.05) is 42.5 Å². The summed E-state index contributed by atoms with van der Waals surface area (Å²) in [5.74, 6) is 0.860. The number of rotatable bonds is 6. The molecule has 0 saturated heterocycles. The van der Waals surface area contributed by atoms with Gasteiger partial charge in [0.05, 0.1) is 12.6 Å². The summed E-state index contributed by atoms with van der Waals surface area (Å²) in [7, 11) is 1.91. The van der Waals surface area contributed by atoms with Crippen LogP contribution in [0, 0.1) is 0 Å². The number of aliphatic hydroxyl groups is 1. The molecular weight excluding hydrogens is 284 g/mol. The highest BCUT2D eigenvalue weighted by atomic mass is 32.2. The van der Waals surface area contributed by atoms with E-state index in [1.165, 1.54) is 0 Å². The third-order valence-corrected chi connectivity index (χ3v) is 4.59. The van der Waals surface area contributed by atoms with Crippen LogP contribution in [-0.2, 0) is 10.5 Å². The molecule has 1 aliphatic rings. The number of benzene rings is 1. The molecule has 2 N–H and O–H groups in total. The van der Waals surface area contributed by atoms with Crippen LogP contribution in [0.25, 0.3) is 0 Å². The van der Waals surface area contributed by atoms with Gasteiger partial charge < -0.3 is 10.4 Å². The molecule has 0 radical (unpaired) electrons. The molecule has 2 atom stereocenters. The Labute approximate surface area is 130 Å². The first-order valence-electron chi connectivity index (χ1n) is 7.37. The third-order valence-electron chi connectivity index (χ3n) is 3.99. The topological polar surface area (TPSA) is 52.6 Å². The lowest BCUT2D eigenvalue weighted by atomic mass is 10.2. The van der Waals surface area contributed by atoms with E-state index >= 15 is 0 Å². The van der Waals surface area contributed by atoms with Gasteiger partial charge in [-0.1, -0.05) is 18.2 Å². The van der Waals surface area contributed by atoms with E-state index in [2.05, 4.69) is 5.32 Å². The summed E-state index contributed by atoms with van der Waals surface area (Å²) in [4.78, 5) is 14.2. The van der Waals surface area contributed by atoms with Gasteiger partial charge in [0.25, 0.3) is 0 Å². The van der Waals surface area contributed by atoms with E-state index in [0.717, 1.165) is 36.3 Å². The zero-order chi connectivity index (χ0) is 15.2. The van der Waals surface area contributed by atoms with Gasteiger partial charge >= 0.3 is 0 Å². The summed E-state index contributed by atoms with van der Waals surface area (Å²) in [6, 6.07) is 8.01. The average molecular weight is 308 g/mol. The van der Waals surface area contributed by atoms with Crippen LogP contribution in [0.3, 0.4) is 0 Å². The fourth-order valence-electron chi connectivity index (χ4n) is 2.89. The van der Waals surface area contributed by atoms with Crippen molar-refractivity contribution >= 4 is 23.4 Å². The summed E-state index contributed by atoms with van der Waals surface area (Å²) in [6.07, 6.45) is 4.59. The van der Waals surface area contributed by atoms with Crippen LogP contribution in [0.5, 0.6) is 0 Å². The highest BCUT2D eigenvalue weighted by Crippen LogP contribution is 2.23. The molecule has 5 heteroatoms. The predicted octanol–water partition coefficient (Wildman–Crippen LogP) is 2.33. The molecule has 116 valence electrons. The lowest BCUT2D eigenvalue weighted by molar-refractivity contribution is -0.117. The first-order chi connectivity index (χ1) is 10.1. The van der Waals surface area contributed by atoms with E-state index in [9.17, 15) is 9.90 Å². The number of carbonyl (C=O) groups is 1. The van der Waals surface area contributed by atoms with Gasteiger partial charge in [0.1, 0.15) is 0 Å². The number of hydrogen-bond donors (Lipinski definition) is 2. The molecule has 1 saturated carbocycles. The van der Waals surface area contributed by atoms with E-state index in [0.29, 0.717) is 6.54 Å². The monoisotopic (exact) mass is 308 g/mol. The Morgan fingerprint density at radius 1 is 1.43 bits per heavy atom. The molecule has 0 heterocycles. The van der Waals surface area contributed by atoms with Gasteiger partial charge in [-0.05, 0) is 44.2 Å². The van der Waals surface area contributed by atoms with E-state index in [1.54, 1.807) is 11.8 Å². The minimum absolute atomic E-state index is 0.0230. The Bertz CT molecular complexity index is 481. The van der Waals surface area contributed by atoms with E-state index < -0.39 is 0 Å². The summed E-state index contributed by atoms with van der Waals surface area (Å²) >= 11 is 1.74. The van der Waals surface area contributed by atoms with Crippen molar-refractivity contribution in [2.24, 2.45) is 0 Å². The Morgan fingerprint density at radius 3 is 2.86 bits per heavy atom. The maximum absolute atomic E-state index is 12.2. The Kier molecular flexibility index (Phi) is 6.08. The minimum Gasteiger partial charge on any atom is -0.391 e. The van der Waals surface area contributed by atoms with Crippen molar-refractivity contribution < 1.29 is 9.90 Å². The van der Waals surface area contributed by atoms with Crippen LogP contribution >= 0.6 is 11.8 Å². The van der Waals surface area contributed by atoms with Crippen LogP contribution in [0.1, 0.15) is 24.8 Å². The number of carbonyl (C=O) groups excluding carboxylic acids is 1. The quantitative estimate of drug-likeness (QED) is 0.847. The van der Waals surface area contributed by atoms with Crippen molar-refractivity contribution in [1.82, 2.24) is 4.90 Å². The van der Waals surface area contributed by atoms with Crippen molar-refractivity contribution in [2.45, 2.75) is 37.2 Å². The van der Waals surface area contributed by atoms with Gasteiger partial charge in [-0.2, -0.15) is 11.8 Å². The van der Waals surface area contributed by atoms with Gasteiger partial charge in [0.15, 0.2) is 0 Å². The fourth-order valence-corrected chi connectivity index (χ4v) is 3.45. The summed E-state index contributed by atoms with van der Waals surface area (Å²) < 4.78 is 0. The first-order valence-corrected chi connectivity index (χ1v) is 8.76. The second-order valence-corrected chi connectivity index (χ2v) is 6.49. The fraction of sp³-hybridized carbons (Fsp3) is 0.562. The first kappa shape index (κ1) is 16.3. The van der Waals surface area contributed by atoms with Gasteiger partial charge in [0, 0.05) is 17.5 Å². The van der Waals surface area contributed by atoms with Gasteiger partial charge in [-0.3, -0.25) is 9.69 Å². The number of thioether (sulfide) groups is 1. The number of nitrogens with zero attached hydrogens (tertiary/aromatic N) is 1. The number of nitrogens with one attached hydrogen (secondary N) is 1. The molecule has 4 nitrogen and oxygen atoms in total. The zero-order valence-corrected chi connectivity index (χ0v) is 13.5. The number of hydrogen-bond acceptors (Lipinski definition) is 4. The molecule has 0 aliphatic heterocycles. The molecule has 21 heavy (non-hydrogen) atoms. The van der Waals surface area contributed by atoms with Crippen LogP contribution in [0.2, 0.25) is 0 Å². The number of anilines is 1. The van der Waals surface area contributed by atoms with Crippen LogP contribution in [0.15, 0.2) is 24.3 Å². The largest absolute Gasteiger partial charge is 0.391 e. The molecule has 0 spiro atoms. The third kappa shape index (κ3) is 4.46. The number of aliphatic hydroxyl groups excluding tert-OH is 1. The van der Waals surface area contributed by atoms with Crippen molar-refractivity contribution in [3.8, 4) is 0 Å². The van der Waals surface area contributed by atoms with Crippen molar-refractivity contribution in [3.05, 3.63) is 29.8 Å². The summed E-state index contributed by atoms with van der Waals surface area (Å²) in [6.45, 7) is 0.315. The molecule has 1 aromatic rings. The number of amides is 1. The molecule has 0 unspecified atom stereocenters. The maximum Gasteiger partial charge on any atom is 0.238 e. The van der Waals surface area contributed by atoms with Crippen molar-refractivity contribution in [2.75, 3.05) is 25.2 Å². The van der Waals surface area contributed by atoms with E-state index in [4.69, 9.17) is 0 Å². The van der Waals surface area contributed by atoms with Crippen LogP contribution in [-0.4, -0.2) is 47.9 Å². The molecule has 2 rings (SSSR count). The van der Waals surface area contributed by atoms with Gasteiger partial charge in [0.2, 0.25) is 5.91 Å². The normalized spacial score (nSPS) is 21.7. The molecule has 1 aromatic carbocycles. The van der Waals surface area contributed by atoms with Gasteiger partial charge in [-0.25, -0.2) is 0 Å². The molecule has 1 fully saturated rings. The number of likely N-dealkylation sites (N-methyl/N-ethyl adjacent to an activating group) is 1. The van der Waals surface area contributed by atoms with Crippen LogP contribution < -0.4 is 5.32 Å².